The van der Waals surface area contributed by atoms with E-state index in [-0.39, 0.29) is 11.7 Å². The van der Waals surface area contributed by atoms with Crippen molar-refractivity contribution in [1.82, 2.24) is 9.21 Å². The molecule has 1 heterocycles. The molecule has 2 aromatic carbocycles. The number of piperazine rings is 1. The highest BCUT2D eigenvalue weighted by Crippen LogP contribution is 2.22. The van der Waals surface area contributed by atoms with Crippen LogP contribution in [0.4, 0.5) is 0 Å². The zero-order valence-corrected chi connectivity index (χ0v) is 18.6. The molecule has 7 heteroatoms. The number of amides is 1. The molecule has 1 saturated heterocycles. The van der Waals surface area contributed by atoms with Gasteiger partial charge in [0.1, 0.15) is 5.75 Å². The van der Waals surface area contributed by atoms with Gasteiger partial charge in [0.25, 0.3) is 5.91 Å². The number of ether oxygens (including phenoxy) is 1. The number of hydrogen-bond acceptors (Lipinski definition) is 4. The Hall–Kier alpha value is -2.38. The first kappa shape index (κ1) is 22.3. The maximum atomic E-state index is 12.8. The first-order valence-electron chi connectivity index (χ1n) is 10.3. The van der Waals surface area contributed by atoms with E-state index < -0.39 is 16.1 Å². The molecule has 1 amide bonds. The number of sulfonamides is 1. The van der Waals surface area contributed by atoms with E-state index in [1.54, 1.807) is 11.8 Å². The molecule has 1 unspecified atom stereocenters. The van der Waals surface area contributed by atoms with E-state index in [0.29, 0.717) is 37.8 Å². The van der Waals surface area contributed by atoms with Crippen LogP contribution in [0.15, 0.2) is 54.6 Å². The topological polar surface area (TPSA) is 66.9 Å². The van der Waals surface area contributed by atoms with Crippen molar-refractivity contribution in [3.05, 3.63) is 65.7 Å². The van der Waals surface area contributed by atoms with Crippen LogP contribution >= 0.6 is 0 Å². The van der Waals surface area contributed by atoms with E-state index in [2.05, 4.69) is 13.8 Å². The Morgan fingerprint density at radius 2 is 1.63 bits per heavy atom. The second-order valence-electron chi connectivity index (χ2n) is 7.95. The maximum Gasteiger partial charge on any atom is 0.263 e. The average Bonchev–Trinajstić information content (AvgIpc) is 2.74. The first-order valence-corrected chi connectivity index (χ1v) is 11.9. The monoisotopic (exact) mass is 430 g/mol. The standard InChI is InChI=1S/C23H30N2O4S/c1-18(2)21-10-7-11-22(16-21)29-19(3)23(26)24-12-14-25(15-13-24)30(27,28)17-20-8-5-4-6-9-20/h4-11,16,18-19H,12-15,17H2,1-3H3. The average molecular weight is 431 g/mol. The third-order valence-corrected chi connectivity index (χ3v) is 7.17. The Labute approximate surface area is 179 Å². The molecule has 3 rings (SSSR count). The minimum absolute atomic E-state index is 0.0203. The SMILES string of the molecule is CC(Oc1cccc(C(C)C)c1)C(=O)N1CCN(S(=O)(=O)Cc2ccccc2)CC1. The van der Waals surface area contributed by atoms with Gasteiger partial charge in [0.2, 0.25) is 10.0 Å². The fourth-order valence-corrected chi connectivity index (χ4v) is 5.04. The molecular formula is C23H30N2O4S. The maximum absolute atomic E-state index is 12.8. The highest BCUT2D eigenvalue weighted by atomic mass is 32.2. The summed E-state index contributed by atoms with van der Waals surface area (Å²) in [7, 11) is -3.40. The van der Waals surface area contributed by atoms with E-state index in [9.17, 15) is 13.2 Å². The molecule has 1 aliphatic rings. The van der Waals surface area contributed by atoms with Gasteiger partial charge >= 0.3 is 0 Å². The molecule has 0 aromatic heterocycles. The van der Waals surface area contributed by atoms with Crippen LogP contribution in [0.25, 0.3) is 0 Å². The highest BCUT2D eigenvalue weighted by molar-refractivity contribution is 7.88. The predicted octanol–water partition coefficient (Wildman–Crippen LogP) is 3.25. The fourth-order valence-electron chi connectivity index (χ4n) is 3.52. The summed E-state index contributed by atoms with van der Waals surface area (Å²) in [5.41, 5.74) is 1.92. The lowest BCUT2D eigenvalue weighted by atomic mass is 10.0. The molecule has 1 atom stereocenters. The van der Waals surface area contributed by atoms with Crippen LogP contribution in [-0.4, -0.2) is 55.8 Å². The zero-order valence-electron chi connectivity index (χ0n) is 17.8. The second kappa shape index (κ2) is 9.62. The molecule has 30 heavy (non-hydrogen) atoms. The van der Waals surface area contributed by atoms with Gasteiger partial charge < -0.3 is 9.64 Å². The van der Waals surface area contributed by atoms with Gasteiger partial charge in [-0.05, 0) is 36.1 Å². The summed E-state index contributed by atoms with van der Waals surface area (Å²) in [6.45, 7) is 7.30. The van der Waals surface area contributed by atoms with Gasteiger partial charge in [0.05, 0.1) is 5.75 Å². The highest BCUT2D eigenvalue weighted by Gasteiger charge is 2.31. The van der Waals surface area contributed by atoms with Crippen LogP contribution in [0.3, 0.4) is 0 Å². The molecule has 2 aromatic rings. The van der Waals surface area contributed by atoms with Crippen LogP contribution in [0, 0.1) is 0 Å². The summed E-state index contributed by atoms with van der Waals surface area (Å²) >= 11 is 0. The van der Waals surface area contributed by atoms with Crippen LogP contribution in [0.1, 0.15) is 37.8 Å². The Morgan fingerprint density at radius 1 is 0.967 bits per heavy atom. The Bertz CT molecular complexity index is 952. The van der Waals surface area contributed by atoms with Gasteiger partial charge in [0, 0.05) is 26.2 Å². The third-order valence-electron chi connectivity index (χ3n) is 5.32. The van der Waals surface area contributed by atoms with Gasteiger partial charge in [-0.25, -0.2) is 8.42 Å². The van der Waals surface area contributed by atoms with E-state index >= 15 is 0 Å². The molecule has 0 N–H and O–H groups in total. The number of rotatable bonds is 7. The van der Waals surface area contributed by atoms with Crippen molar-refractivity contribution in [3.63, 3.8) is 0 Å². The number of carbonyl (C=O) groups excluding carboxylic acids is 1. The summed E-state index contributed by atoms with van der Waals surface area (Å²) in [5, 5.41) is 0. The van der Waals surface area contributed by atoms with E-state index in [4.69, 9.17) is 4.74 Å². The Kier molecular flexibility index (Phi) is 7.15. The zero-order chi connectivity index (χ0) is 21.7. The molecule has 1 fully saturated rings. The van der Waals surface area contributed by atoms with Crippen molar-refractivity contribution in [2.75, 3.05) is 26.2 Å². The molecule has 1 aliphatic heterocycles. The van der Waals surface area contributed by atoms with Crippen molar-refractivity contribution in [1.29, 1.82) is 0 Å². The van der Waals surface area contributed by atoms with Crippen molar-refractivity contribution in [2.24, 2.45) is 0 Å². The van der Waals surface area contributed by atoms with Crippen LogP contribution < -0.4 is 4.74 Å². The van der Waals surface area contributed by atoms with Gasteiger partial charge in [0.15, 0.2) is 6.10 Å². The molecule has 0 radical (unpaired) electrons. The lowest BCUT2D eigenvalue weighted by molar-refractivity contribution is -0.139. The quantitative estimate of drug-likeness (QED) is 0.676. The molecule has 0 saturated carbocycles. The van der Waals surface area contributed by atoms with Gasteiger partial charge in [-0.2, -0.15) is 4.31 Å². The third kappa shape index (κ3) is 5.61. The molecule has 6 nitrogen and oxygen atoms in total. The lowest BCUT2D eigenvalue weighted by Gasteiger charge is -2.35. The Balaban J connectivity index is 1.55. The first-order chi connectivity index (χ1) is 14.3. The number of nitrogens with zero attached hydrogens (tertiary/aromatic N) is 2. The summed E-state index contributed by atoms with van der Waals surface area (Å²) in [6, 6.07) is 16.9. The minimum Gasteiger partial charge on any atom is -0.481 e. The van der Waals surface area contributed by atoms with Crippen molar-refractivity contribution >= 4 is 15.9 Å². The summed E-state index contributed by atoms with van der Waals surface area (Å²) < 4.78 is 32.7. The molecular weight excluding hydrogens is 400 g/mol. The van der Waals surface area contributed by atoms with Gasteiger partial charge in [-0.3, -0.25) is 4.79 Å². The summed E-state index contributed by atoms with van der Waals surface area (Å²) in [5.74, 6) is 0.912. The number of hydrogen-bond donors (Lipinski definition) is 0. The van der Waals surface area contributed by atoms with E-state index in [1.807, 2.05) is 54.6 Å². The Morgan fingerprint density at radius 3 is 2.27 bits per heavy atom. The van der Waals surface area contributed by atoms with Crippen LogP contribution in [0.2, 0.25) is 0 Å². The smallest absolute Gasteiger partial charge is 0.263 e. The normalized spacial score (nSPS) is 16.5. The van der Waals surface area contributed by atoms with Crippen LogP contribution in [-0.2, 0) is 20.6 Å². The summed E-state index contributed by atoms with van der Waals surface area (Å²) in [4.78, 5) is 14.5. The fraction of sp³-hybridized carbons (Fsp3) is 0.435. The predicted molar refractivity (Wildman–Crippen MR) is 118 cm³/mol. The van der Waals surface area contributed by atoms with Gasteiger partial charge in [-0.15, -0.1) is 0 Å². The molecule has 162 valence electrons. The van der Waals surface area contributed by atoms with E-state index in [1.165, 1.54) is 4.31 Å². The minimum atomic E-state index is -3.40. The molecule has 0 aliphatic carbocycles. The molecule has 0 bridgehead atoms. The van der Waals surface area contributed by atoms with Crippen molar-refractivity contribution < 1.29 is 17.9 Å². The number of carbonyl (C=O) groups is 1. The van der Waals surface area contributed by atoms with E-state index in [0.717, 1.165) is 11.1 Å². The molecule has 0 spiro atoms. The largest absolute Gasteiger partial charge is 0.481 e. The van der Waals surface area contributed by atoms with Crippen LogP contribution in [0.5, 0.6) is 5.75 Å². The van der Waals surface area contributed by atoms with Crippen molar-refractivity contribution in [2.45, 2.75) is 38.5 Å². The van der Waals surface area contributed by atoms with Crippen molar-refractivity contribution in [3.8, 4) is 5.75 Å². The second-order valence-corrected chi connectivity index (χ2v) is 9.92. The lowest BCUT2D eigenvalue weighted by Crippen LogP contribution is -2.53. The summed E-state index contributed by atoms with van der Waals surface area (Å²) in [6.07, 6.45) is -0.625. The van der Waals surface area contributed by atoms with Gasteiger partial charge in [-0.1, -0.05) is 56.3 Å². The number of benzene rings is 2.